The molecule has 6 nitrogen and oxygen atoms in total. The number of aliphatic imine (C=N–C) groups is 1. The van der Waals surface area contributed by atoms with Gasteiger partial charge < -0.3 is 9.64 Å². The first-order valence-corrected chi connectivity index (χ1v) is 11.9. The lowest BCUT2D eigenvalue weighted by molar-refractivity contribution is -0.385. The summed E-state index contributed by atoms with van der Waals surface area (Å²) in [5.41, 5.74) is 2.30. The third-order valence-electron chi connectivity index (χ3n) is 5.86. The van der Waals surface area contributed by atoms with Crippen molar-refractivity contribution in [1.82, 2.24) is 4.90 Å². The summed E-state index contributed by atoms with van der Waals surface area (Å²) in [4.78, 5) is 18.3. The molecule has 0 N–H and O–H groups in total. The zero-order chi connectivity index (χ0) is 22.6. The van der Waals surface area contributed by atoms with Gasteiger partial charge in [0.25, 0.3) is 5.69 Å². The number of benzene rings is 1. The van der Waals surface area contributed by atoms with E-state index in [1.165, 1.54) is 0 Å². The Hall–Kier alpha value is -1.60. The van der Waals surface area contributed by atoms with Crippen LogP contribution in [0.3, 0.4) is 0 Å². The number of hydrogen-bond donors (Lipinski definition) is 0. The molecule has 1 aliphatic rings. The maximum absolute atomic E-state index is 11.2. The van der Waals surface area contributed by atoms with Crippen LogP contribution in [-0.4, -0.2) is 45.0 Å². The van der Waals surface area contributed by atoms with Crippen molar-refractivity contribution in [2.24, 2.45) is 10.9 Å². The number of thioether (sulfide) groups is 1. The highest BCUT2D eigenvalue weighted by Crippen LogP contribution is 2.35. The Balaban J connectivity index is 2.39. The quantitative estimate of drug-likeness (QED) is 0.356. The third kappa shape index (κ3) is 5.97. The molecule has 1 aliphatic heterocycles. The Morgan fingerprint density at radius 3 is 2.43 bits per heavy atom. The average molecular weight is 436 g/mol. The molecule has 2 rings (SSSR count). The standard InChI is InChI=1S/C23H37N3O3S/c1-9-18(10-2)13-25-21(17(5)29-23(6,7)8)14-30-22(25)24-19-11-12-20(26(27)28)16(4)15(19)3/h11-12,17-18,21H,9-10,13-14H2,1-8H3/t17-,21-/m1/s1. The minimum Gasteiger partial charge on any atom is -0.371 e. The van der Waals surface area contributed by atoms with Crippen molar-refractivity contribution in [3.63, 3.8) is 0 Å². The fraction of sp³-hybridized carbons (Fsp3) is 0.696. The predicted octanol–water partition coefficient (Wildman–Crippen LogP) is 6.26. The summed E-state index contributed by atoms with van der Waals surface area (Å²) in [7, 11) is 0. The molecule has 0 bridgehead atoms. The monoisotopic (exact) mass is 435 g/mol. The molecule has 2 atom stereocenters. The van der Waals surface area contributed by atoms with Crippen LogP contribution in [-0.2, 0) is 4.74 Å². The molecule has 7 heteroatoms. The normalized spacial score (nSPS) is 19.7. The van der Waals surface area contributed by atoms with Gasteiger partial charge in [-0.3, -0.25) is 10.1 Å². The summed E-state index contributed by atoms with van der Waals surface area (Å²) in [6.45, 7) is 17.6. The van der Waals surface area contributed by atoms with Gasteiger partial charge in [-0.1, -0.05) is 38.5 Å². The van der Waals surface area contributed by atoms with Gasteiger partial charge in [0.1, 0.15) is 0 Å². The summed E-state index contributed by atoms with van der Waals surface area (Å²) < 4.78 is 6.30. The van der Waals surface area contributed by atoms with Crippen LogP contribution in [0.2, 0.25) is 0 Å². The molecule has 0 spiro atoms. The molecule has 0 aromatic heterocycles. The van der Waals surface area contributed by atoms with E-state index >= 15 is 0 Å². The summed E-state index contributed by atoms with van der Waals surface area (Å²) in [5, 5.41) is 12.2. The zero-order valence-corrected chi connectivity index (χ0v) is 20.5. The van der Waals surface area contributed by atoms with Crippen molar-refractivity contribution in [3.8, 4) is 0 Å². The lowest BCUT2D eigenvalue weighted by Crippen LogP contribution is -2.46. The van der Waals surface area contributed by atoms with E-state index in [0.717, 1.165) is 41.6 Å². The van der Waals surface area contributed by atoms with Crippen LogP contribution in [0.25, 0.3) is 0 Å². The molecule has 1 heterocycles. The molecule has 0 aliphatic carbocycles. The highest BCUT2D eigenvalue weighted by atomic mass is 32.2. The molecule has 1 fully saturated rings. The van der Waals surface area contributed by atoms with Crippen molar-refractivity contribution >= 4 is 28.3 Å². The number of amidine groups is 1. The Kier molecular flexibility index (Phi) is 8.34. The Morgan fingerprint density at radius 1 is 1.27 bits per heavy atom. The second-order valence-corrected chi connectivity index (χ2v) is 10.1. The van der Waals surface area contributed by atoms with E-state index < -0.39 is 0 Å². The van der Waals surface area contributed by atoms with E-state index in [1.54, 1.807) is 30.8 Å². The maximum Gasteiger partial charge on any atom is 0.272 e. The van der Waals surface area contributed by atoms with Gasteiger partial charge in [0.15, 0.2) is 5.17 Å². The Bertz CT molecular complexity index is 785. The predicted molar refractivity (Wildman–Crippen MR) is 127 cm³/mol. The van der Waals surface area contributed by atoms with Crippen LogP contribution in [0, 0.1) is 29.9 Å². The number of nitro benzene ring substituents is 1. The van der Waals surface area contributed by atoms with E-state index in [4.69, 9.17) is 9.73 Å². The van der Waals surface area contributed by atoms with Gasteiger partial charge in [-0.25, -0.2) is 4.99 Å². The van der Waals surface area contributed by atoms with Gasteiger partial charge in [0.2, 0.25) is 0 Å². The molecular formula is C23H37N3O3S. The molecule has 0 amide bonds. The summed E-state index contributed by atoms with van der Waals surface area (Å²) in [6.07, 6.45) is 2.34. The summed E-state index contributed by atoms with van der Waals surface area (Å²) in [5.74, 6) is 1.53. The largest absolute Gasteiger partial charge is 0.371 e. The Labute approximate surface area is 185 Å². The lowest BCUT2D eigenvalue weighted by atomic mass is 10.0. The van der Waals surface area contributed by atoms with Gasteiger partial charge in [-0.2, -0.15) is 0 Å². The summed E-state index contributed by atoms with van der Waals surface area (Å²) in [6, 6.07) is 3.59. The van der Waals surface area contributed by atoms with E-state index in [-0.39, 0.29) is 28.4 Å². The van der Waals surface area contributed by atoms with E-state index in [0.29, 0.717) is 11.5 Å². The Morgan fingerprint density at radius 2 is 1.90 bits per heavy atom. The van der Waals surface area contributed by atoms with Crippen molar-refractivity contribution in [3.05, 3.63) is 33.4 Å². The van der Waals surface area contributed by atoms with E-state index in [2.05, 4.69) is 46.4 Å². The van der Waals surface area contributed by atoms with Crippen LogP contribution in [0.4, 0.5) is 11.4 Å². The fourth-order valence-corrected chi connectivity index (χ4v) is 5.16. The van der Waals surface area contributed by atoms with Crippen LogP contribution in [0.15, 0.2) is 17.1 Å². The van der Waals surface area contributed by atoms with Crippen LogP contribution >= 0.6 is 11.8 Å². The highest BCUT2D eigenvalue weighted by Gasteiger charge is 2.37. The van der Waals surface area contributed by atoms with Crippen molar-refractivity contribution in [1.29, 1.82) is 0 Å². The van der Waals surface area contributed by atoms with E-state index in [1.807, 2.05) is 6.92 Å². The SMILES string of the molecule is CCC(CC)CN1C(=Nc2ccc([N+](=O)[O-])c(C)c2C)SC[C@@H]1[C@@H](C)OC(C)(C)C. The van der Waals surface area contributed by atoms with Crippen molar-refractivity contribution in [2.45, 2.75) is 86.0 Å². The molecule has 0 unspecified atom stereocenters. The van der Waals surface area contributed by atoms with Gasteiger partial charge in [0.05, 0.1) is 28.4 Å². The number of ether oxygens (including phenoxy) is 1. The second kappa shape index (κ2) is 10.1. The molecular weight excluding hydrogens is 398 g/mol. The number of rotatable bonds is 8. The lowest BCUT2D eigenvalue weighted by Gasteiger charge is -2.36. The van der Waals surface area contributed by atoms with Gasteiger partial charge in [-0.15, -0.1) is 0 Å². The molecule has 1 saturated heterocycles. The number of nitrogens with zero attached hydrogens (tertiary/aromatic N) is 3. The van der Waals surface area contributed by atoms with Gasteiger partial charge in [0, 0.05) is 23.9 Å². The molecule has 168 valence electrons. The molecule has 1 aromatic carbocycles. The zero-order valence-electron chi connectivity index (χ0n) is 19.7. The maximum atomic E-state index is 11.2. The van der Waals surface area contributed by atoms with Gasteiger partial charge in [-0.05, 0) is 59.1 Å². The molecule has 30 heavy (non-hydrogen) atoms. The topological polar surface area (TPSA) is 68.0 Å². The first kappa shape index (κ1) is 24.7. The number of hydrogen-bond acceptors (Lipinski definition) is 5. The van der Waals surface area contributed by atoms with Gasteiger partial charge >= 0.3 is 0 Å². The minimum atomic E-state index is -0.329. The highest BCUT2D eigenvalue weighted by molar-refractivity contribution is 8.14. The summed E-state index contributed by atoms with van der Waals surface area (Å²) >= 11 is 1.76. The minimum absolute atomic E-state index is 0.0826. The first-order chi connectivity index (χ1) is 14.0. The van der Waals surface area contributed by atoms with Crippen LogP contribution < -0.4 is 0 Å². The molecule has 0 saturated carbocycles. The van der Waals surface area contributed by atoms with Crippen LogP contribution in [0.1, 0.15) is 65.5 Å². The fourth-order valence-electron chi connectivity index (χ4n) is 3.85. The number of nitro groups is 1. The average Bonchev–Trinajstić information content (AvgIpc) is 3.04. The van der Waals surface area contributed by atoms with Crippen molar-refractivity contribution in [2.75, 3.05) is 12.3 Å². The van der Waals surface area contributed by atoms with Crippen LogP contribution in [0.5, 0.6) is 0 Å². The second-order valence-electron chi connectivity index (χ2n) is 9.15. The molecule has 1 aromatic rings. The first-order valence-electron chi connectivity index (χ1n) is 10.9. The smallest absolute Gasteiger partial charge is 0.272 e. The third-order valence-corrected chi connectivity index (χ3v) is 6.96. The molecule has 0 radical (unpaired) electrons. The van der Waals surface area contributed by atoms with E-state index in [9.17, 15) is 10.1 Å². The van der Waals surface area contributed by atoms with Crippen molar-refractivity contribution < 1.29 is 9.66 Å².